The molecular formula is C18H19BrN2O3S. The third-order valence-electron chi connectivity index (χ3n) is 4.29. The normalized spacial score (nSPS) is 20.3. The minimum absolute atomic E-state index is 0.144. The number of imide groups is 1. The van der Waals surface area contributed by atoms with E-state index in [0.717, 1.165) is 52.4 Å². The molecule has 0 atom stereocenters. The molecule has 2 aliphatic rings. The van der Waals surface area contributed by atoms with E-state index >= 15 is 0 Å². The second kappa shape index (κ2) is 8.19. The summed E-state index contributed by atoms with van der Waals surface area (Å²) in [6, 6.07) is 7.47. The Morgan fingerprint density at radius 1 is 1.08 bits per heavy atom. The summed E-state index contributed by atoms with van der Waals surface area (Å²) in [6.45, 7) is 1.26. The molecule has 3 amide bonds. The largest absolute Gasteiger partial charge is 0.341 e. The van der Waals surface area contributed by atoms with Crippen LogP contribution in [0.1, 0.15) is 31.2 Å². The predicted molar refractivity (Wildman–Crippen MR) is 102 cm³/mol. The zero-order chi connectivity index (χ0) is 17.8. The highest BCUT2D eigenvalue weighted by molar-refractivity contribution is 9.10. The van der Waals surface area contributed by atoms with Crippen LogP contribution in [0, 0.1) is 0 Å². The first-order chi connectivity index (χ1) is 12.0. The molecule has 1 aromatic rings. The summed E-state index contributed by atoms with van der Waals surface area (Å²) in [5, 5.41) is -0.378. The van der Waals surface area contributed by atoms with Gasteiger partial charge in [-0.3, -0.25) is 19.3 Å². The lowest BCUT2D eigenvalue weighted by atomic mass is 10.2. The number of hydrogen-bond acceptors (Lipinski definition) is 4. The van der Waals surface area contributed by atoms with Crippen molar-refractivity contribution in [3.8, 4) is 0 Å². The molecule has 0 radical (unpaired) electrons. The number of amides is 3. The maximum atomic E-state index is 12.5. The summed E-state index contributed by atoms with van der Waals surface area (Å²) in [5.74, 6) is -0.532. The molecule has 3 rings (SSSR count). The van der Waals surface area contributed by atoms with Gasteiger partial charge in [0.05, 0.1) is 4.91 Å². The number of rotatable bonds is 3. The van der Waals surface area contributed by atoms with E-state index in [0.29, 0.717) is 18.0 Å². The van der Waals surface area contributed by atoms with Gasteiger partial charge in [0.1, 0.15) is 6.54 Å². The van der Waals surface area contributed by atoms with Crippen molar-refractivity contribution in [2.45, 2.75) is 25.7 Å². The predicted octanol–water partition coefficient (Wildman–Crippen LogP) is 3.89. The van der Waals surface area contributed by atoms with E-state index in [9.17, 15) is 14.4 Å². The van der Waals surface area contributed by atoms with Gasteiger partial charge in [0.25, 0.3) is 11.1 Å². The van der Waals surface area contributed by atoms with Crippen LogP contribution in [0.3, 0.4) is 0 Å². The molecule has 0 unspecified atom stereocenters. The molecule has 0 spiro atoms. The Labute approximate surface area is 159 Å². The van der Waals surface area contributed by atoms with Crippen molar-refractivity contribution in [3.63, 3.8) is 0 Å². The maximum Gasteiger partial charge on any atom is 0.294 e. The van der Waals surface area contributed by atoms with E-state index in [4.69, 9.17) is 0 Å². The van der Waals surface area contributed by atoms with E-state index in [1.54, 1.807) is 11.0 Å². The molecule has 0 aromatic heterocycles. The highest BCUT2D eigenvalue weighted by Crippen LogP contribution is 2.32. The molecule has 5 nitrogen and oxygen atoms in total. The number of hydrogen-bond donors (Lipinski definition) is 0. The number of carbonyl (C=O) groups is 3. The van der Waals surface area contributed by atoms with Crippen LogP contribution in [0.15, 0.2) is 33.6 Å². The average molecular weight is 423 g/mol. The van der Waals surface area contributed by atoms with Gasteiger partial charge in [0.2, 0.25) is 5.91 Å². The third-order valence-corrected chi connectivity index (χ3v) is 5.73. The Balaban J connectivity index is 1.68. The summed E-state index contributed by atoms with van der Waals surface area (Å²) in [6.07, 6.45) is 5.91. The van der Waals surface area contributed by atoms with Crippen molar-refractivity contribution in [2.75, 3.05) is 19.6 Å². The zero-order valence-electron chi connectivity index (χ0n) is 13.7. The van der Waals surface area contributed by atoms with E-state index in [2.05, 4.69) is 15.9 Å². The smallest absolute Gasteiger partial charge is 0.294 e. The average Bonchev–Trinajstić information content (AvgIpc) is 2.80. The van der Waals surface area contributed by atoms with Crippen LogP contribution in [0.2, 0.25) is 0 Å². The van der Waals surface area contributed by atoms with Crippen molar-refractivity contribution in [1.82, 2.24) is 9.80 Å². The van der Waals surface area contributed by atoms with Gasteiger partial charge >= 0.3 is 0 Å². The Bertz CT molecular complexity index is 710. The number of carbonyl (C=O) groups excluding carboxylic acids is 3. The van der Waals surface area contributed by atoms with Gasteiger partial charge in [-0.05, 0) is 48.4 Å². The number of nitrogens with zero attached hydrogens (tertiary/aromatic N) is 2. The van der Waals surface area contributed by atoms with Crippen molar-refractivity contribution in [2.24, 2.45) is 0 Å². The lowest BCUT2D eigenvalue weighted by Gasteiger charge is -2.22. The standard InChI is InChI=1S/C18H19BrN2O3S/c19-14-7-5-13(6-8-14)11-15-17(23)21(18(24)25-15)12-16(22)20-9-3-1-2-4-10-20/h5-8,11H,1-4,9-10,12H2/b15-11-. The van der Waals surface area contributed by atoms with Crippen molar-refractivity contribution >= 4 is 50.8 Å². The first-order valence-corrected chi connectivity index (χ1v) is 9.94. The fourth-order valence-corrected chi connectivity index (χ4v) is 4.00. The molecule has 25 heavy (non-hydrogen) atoms. The van der Waals surface area contributed by atoms with Gasteiger partial charge in [-0.25, -0.2) is 0 Å². The summed E-state index contributed by atoms with van der Waals surface area (Å²) >= 11 is 4.25. The molecule has 2 saturated heterocycles. The first kappa shape index (κ1) is 18.2. The van der Waals surface area contributed by atoms with Gasteiger partial charge in [-0.15, -0.1) is 0 Å². The Hall–Kier alpha value is -1.60. The number of thioether (sulfide) groups is 1. The molecular weight excluding hydrogens is 404 g/mol. The molecule has 0 aliphatic carbocycles. The lowest BCUT2D eigenvalue weighted by molar-refractivity contribution is -0.135. The monoisotopic (exact) mass is 422 g/mol. The van der Waals surface area contributed by atoms with Crippen LogP contribution in [-0.4, -0.2) is 46.5 Å². The molecule has 7 heteroatoms. The van der Waals surface area contributed by atoms with Gasteiger partial charge in [0, 0.05) is 17.6 Å². The summed E-state index contributed by atoms with van der Waals surface area (Å²) in [7, 11) is 0. The number of likely N-dealkylation sites (tertiary alicyclic amines) is 1. The van der Waals surface area contributed by atoms with Gasteiger partial charge < -0.3 is 4.90 Å². The third kappa shape index (κ3) is 4.52. The molecule has 2 fully saturated rings. The second-order valence-electron chi connectivity index (χ2n) is 6.11. The molecule has 0 bridgehead atoms. The summed E-state index contributed by atoms with van der Waals surface area (Å²) in [5.41, 5.74) is 0.840. The summed E-state index contributed by atoms with van der Waals surface area (Å²) in [4.78, 5) is 40.3. The number of benzene rings is 1. The van der Waals surface area contributed by atoms with E-state index < -0.39 is 0 Å². The molecule has 2 heterocycles. The quantitative estimate of drug-likeness (QED) is 0.693. The molecule has 1 aromatic carbocycles. The molecule has 0 saturated carbocycles. The fourth-order valence-electron chi connectivity index (χ4n) is 2.90. The Morgan fingerprint density at radius 3 is 2.36 bits per heavy atom. The van der Waals surface area contributed by atoms with Crippen molar-refractivity contribution in [3.05, 3.63) is 39.2 Å². The van der Waals surface area contributed by atoms with Crippen molar-refractivity contribution < 1.29 is 14.4 Å². The van der Waals surface area contributed by atoms with E-state index in [1.165, 1.54) is 0 Å². The second-order valence-corrected chi connectivity index (χ2v) is 8.02. The number of halogens is 1. The lowest BCUT2D eigenvalue weighted by Crippen LogP contribution is -2.42. The first-order valence-electron chi connectivity index (χ1n) is 8.33. The van der Waals surface area contributed by atoms with Gasteiger partial charge in [-0.2, -0.15) is 0 Å². The van der Waals surface area contributed by atoms with Crippen molar-refractivity contribution in [1.29, 1.82) is 0 Å². The van der Waals surface area contributed by atoms with Gasteiger partial charge in [-0.1, -0.05) is 40.9 Å². The molecule has 0 N–H and O–H groups in total. The SMILES string of the molecule is O=C(CN1C(=O)S/C(=C\c2ccc(Br)cc2)C1=O)N1CCCCCC1. The van der Waals surface area contributed by atoms with Crippen LogP contribution < -0.4 is 0 Å². The summed E-state index contributed by atoms with van der Waals surface area (Å²) < 4.78 is 0.945. The Kier molecular flexibility index (Phi) is 5.96. The maximum absolute atomic E-state index is 12.5. The minimum Gasteiger partial charge on any atom is -0.341 e. The minimum atomic E-state index is -0.388. The van der Waals surface area contributed by atoms with Crippen LogP contribution in [0.4, 0.5) is 4.79 Å². The van der Waals surface area contributed by atoms with E-state index in [1.807, 2.05) is 24.3 Å². The fraction of sp³-hybridized carbons (Fsp3) is 0.389. The Morgan fingerprint density at radius 2 is 1.72 bits per heavy atom. The zero-order valence-corrected chi connectivity index (χ0v) is 16.1. The van der Waals surface area contributed by atoms with Crippen LogP contribution in [0.25, 0.3) is 6.08 Å². The topological polar surface area (TPSA) is 57.7 Å². The van der Waals surface area contributed by atoms with E-state index in [-0.39, 0.29) is 23.6 Å². The van der Waals surface area contributed by atoms with Crippen LogP contribution >= 0.6 is 27.7 Å². The van der Waals surface area contributed by atoms with Crippen LogP contribution in [0.5, 0.6) is 0 Å². The van der Waals surface area contributed by atoms with Gasteiger partial charge in [0.15, 0.2) is 0 Å². The molecule has 2 aliphatic heterocycles. The van der Waals surface area contributed by atoms with Crippen LogP contribution in [-0.2, 0) is 9.59 Å². The highest BCUT2D eigenvalue weighted by Gasteiger charge is 2.37. The molecule has 132 valence electrons. The highest BCUT2D eigenvalue weighted by atomic mass is 79.9.